The number of hydrogen-bond donors (Lipinski definition) is 0. The molecule has 0 aliphatic heterocycles. The Morgan fingerprint density at radius 2 is 1.76 bits per heavy atom. The largest absolute Gasteiger partial charge is 0.344 e. The highest BCUT2D eigenvalue weighted by Gasteiger charge is 2.19. The van der Waals surface area contributed by atoms with Crippen molar-refractivity contribution in [2.45, 2.75) is 32.6 Å². The maximum atomic E-state index is 12.1. The van der Waals surface area contributed by atoms with Crippen LogP contribution >= 0.6 is 0 Å². The first-order valence-corrected chi connectivity index (χ1v) is 8.91. The number of rotatable bonds is 11. The van der Waals surface area contributed by atoms with Gasteiger partial charge in [0, 0.05) is 20.1 Å². The first kappa shape index (κ1) is 20.2. The van der Waals surface area contributed by atoms with Gasteiger partial charge in [0.25, 0.3) is 6.43 Å². The van der Waals surface area contributed by atoms with Crippen LogP contribution < -0.4 is 0 Å². The van der Waals surface area contributed by atoms with Gasteiger partial charge in [0.2, 0.25) is 5.91 Å². The topological polar surface area (TPSA) is 57.7 Å². The first-order valence-electron chi connectivity index (χ1n) is 7.09. The Hall–Kier alpha value is -0.760. The Balaban J connectivity index is 4.14. The van der Waals surface area contributed by atoms with E-state index in [4.69, 9.17) is 0 Å². The van der Waals surface area contributed by atoms with E-state index in [0.29, 0.717) is 6.42 Å². The van der Waals surface area contributed by atoms with Gasteiger partial charge in [-0.2, -0.15) is 0 Å². The highest BCUT2D eigenvalue weighted by Crippen LogP contribution is 2.02. The number of halogens is 2. The molecule has 0 bridgehead atoms. The number of alkyl halides is 2. The molecular formula is C13H26F2N2O3S. The molecule has 5 nitrogen and oxygen atoms in total. The molecule has 0 radical (unpaired) electrons. The Labute approximate surface area is 126 Å². The molecule has 8 heteroatoms. The van der Waals surface area contributed by atoms with Crippen LogP contribution in [0, 0.1) is 0 Å². The first-order chi connectivity index (χ1) is 9.68. The molecule has 1 amide bonds. The van der Waals surface area contributed by atoms with Crippen LogP contribution in [0.4, 0.5) is 8.78 Å². The monoisotopic (exact) mass is 328 g/mol. The summed E-state index contributed by atoms with van der Waals surface area (Å²) in [5.41, 5.74) is 0. The fourth-order valence-electron chi connectivity index (χ4n) is 1.71. The second-order valence-corrected chi connectivity index (χ2v) is 7.45. The fraction of sp³-hybridized carbons (Fsp3) is 0.923. The molecule has 0 saturated heterocycles. The highest BCUT2D eigenvalue weighted by molar-refractivity contribution is 7.92. The second kappa shape index (κ2) is 10.0. The predicted octanol–water partition coefficient (Wildman–Crippen LogP) is 1.25. The minimum atomic E-state index is -3.38. The van der Waals surface area contributed by atoms with Crippen LogP contribution in [-0.2, 0) is 14.6 Å². The van der Waals surface area contributed by atoms with E-state index in [9.17, 15) is 22.0 Å². The van der Waals surface area contributed by atoms with E-state index < -0.39 is 27.9 Å². The standard InChI is InChI=1S/C13H26F2N2O3S/c1-4-5-6-9-21(19,20)11-13(18)17(3)8-7-16(2)10-12(14)15/h12H,4-11H2,1-3H3. The van der Waals surface area contributed by atoms with E-state index in [1.54, 1.807) is 0 Å². The van der Waals surface area contributed by atoms with Crippen LogP contribution in [0.2, 0.25) is 0 Å². The SMILES string of the molecule is CCCCCS(=O)(=O)CC(=O)N(C)CCN(C)CC(F)F. The predicted molar refractivity (Wildman–Crippen MR) is 79.3 cm³/mol. The molecule has 0 aliphatic rings. The van der Waals surface area contributed by atoms with Gasteiger partial charge < -0.3 is 4.90 Å². The van der Waals surface area contributed by atoms with E-state index in [-0.39, 0.29) is 25.4 Å². The third-order valence-electron chi connectivity index (χ3n) is 3.09. The number of carbonyl (C=O) groups is 1. The van der Waals surface area contributed by atoms with Crippen molar-refractivity contribution in [2.75, 3.05) is 45.2 Å². The van der Waals surface area contributed by atoms with Gasteiger partial charge in [-0.05, 0) is 13.5 Å². The smallest absolute Gasteiger partial charge is 0.251 e. The minimum Gasteiger partial charge on any atom is -0.344 e. The van der Waals surface area contributed by atoms with Gasteiger partial charge in [0.1, 0.15) is 5.75 Å². The zero-order valence-corrected chi connectivity index (χ0v) is 13.8. The van der Waals surface area contributed by atoms with Crippen LogP contribution in [0.1, 0.15) is 26.2 Å². The lowest BCUT2D eigenvalue weighted by molar-refractivity contribution is -0.127. The number of carbonyl (C=O) groups excluding carboxylic acids is 1. The van der Waals surface area contributed by atoms with Crippen LogP contribution in [0.15, 0.2) is 0 Å². The summed E-state index contributed by atoms with van der Waals surface area (Å²) in [6, 6.07) is 0. The molecule has 126 valence electrons. The molecule has 0 fully saturated rings. The maximum Gasteiger partial charge on any atom is 0.251 e. The Morgan fingerprint density at radius 3 is 2.29 bits per heavy atom. The minimum absolute atomic E-state index is 0.0195. The number of likely N-dealkylation sites (N-methyl/N-ethyl adjacent to an activating group) is 2. The highest BCUT2D eigenvalue weighted by atomic mass is 32.2. The zero-order chi connectivity index (χ0) is 16.5. The third-order valence-corrected chi connectivity index (χ3v) is 4.69. The summed E-state index contributed by atoms with van der Waals surface area (Å²) >= 11 is 0. The van der Waals surface area contributed by atoms with Crippen LogP contribution in [0.5, 0.6) is 0 Å². The van der Waals surface area contributed by atoms with Crippen molar-refractivity contribution in [1.82, 2.24) is 9.80 Å². The van der Waals surface area contributed by atoms with Crippen molar-refractivity contribution in [3.8, 4) is 0 Å². The van der Waals surface area contributed by atoms with Crippen LogP contribution in [0.25, 0.3) is 0 Å². The van der Waals surface area contributed by atoms with Gasteiger partial charge in [0.15, 0.2) is 9.84 Å². The van der Waals surface area contributed by atoms with Gasteiger partial charge in [-0.15, -0.1) is 0 Å². The van der Waals surface area contributed by atoms with Crippen molar-refractivity contribution in [2.24, 2.45) is 0 Å². The summed E-state index contributed by atoms with van der Waals surface area (Å²) in [6.45, 7) is 2.12. The van der Waals surface area contributed by atoms with Crippen molar-refractivity contribution < 1.29 is 22.0 Å². The molecule has 21 heavy (non-hydrogen) atoms. The van der Waals surface area contributed by atoms with E-state index in [2.05, 4.69) is 0 Å². The van der Waals surface area contributed by atoms with E-state index in [0.717, 1.165) is 12.8 Å². The Bertz CT molecular complexity index is 402. The molecule has 0 spiro atoms. The molecule has 0 N–H and O–H groups in total. The number of nitrogens with zero attached hydrogens (tertiary/aromatic N) is 2. The van der Waals surface area contributed by atoms with Gasteiger partial charge in [-0.25, -0.2) is 17.2 Å². The molecule has 0 aromatic carbocycles. The lowest BCUT2D eigenvalue weighted by Crippen LogP contribution is -2.39. The van der Waals surface area contributed by atoms with Gasteiger partial charge in [-0.1, -0.05) is 19.8 Å². The molecule has 0 aromatic heterocycles. The maximum absolute atomic E-state index is 12.1. The fourth-order valence-corrected chi connectivity index (χ4v) is 3.10. The number of hydrogen-bond acceptors (Lipinski definition) is 4. The van der Waals surface area contributed by atoms with Crippen LogP contribution in [-0.4, -0.2) is 75.8 Å². The molecular weight excluding hydrogens is 302 g/mol. The lowest BCUT2D eigenvalue weighted by atomic mass is 10.3. The Morgan fingerprint density at radius 1 is 1.14 bits per heavy atom. The summed E-state index contributed by atoms with van der Waals surface area (Å²) in [5.74, 6) is -0.978. The summed E-state index contributed by atoms with van der Waals surface area (Å²) in [4.78, 5) is 14.5. The van der Waals surface area contributed by atoms with Gasteiger partial charge in [0.05, 0.1) is 12.3 Å². The molecule has 0 unspecified atom stereocenters. The molecule has 0 aliphatic carbocycles. The van der Waals surface area contributed by atoms with E-state index in [1.165, 1.54) is 23.9 Å². The molecule has 0 saturated carbocycles. The zero-order valence-electron chi connectivity index (χ0n) is 13.0. The second-order valence-electron chi connectivity index (χ2n) is 5.27. The summed E-state index contributed by atoms with van der Waals surface area (Å²) < 4.78 is 47.8. The average Bonchev–Trinajstić information content (AvgIpc) is 2.34. The van der Waals surface area contributed by atoms with Gasteiger partial charge in [-0.3, -0.25) is 9.69 Å². The number of unbranched alkanes of at least 4 members (excludes halogenated alkanes) is 2. The van der Waals surface area contributed by atoms with E-state index in [1.807, 2.05) is 6.92 Å². The van der Waals surface area contributed by atoms with Crippen molar-refractivity contribution in [3.63, 3.8) is 0 Å². The normalized spacial score (nSPS) is 12.1. The Kier molecular flexibility index (Phi) is 9.68. The number of amides is 1. The average molecular weight is 328 g/mol. The van der Waals surface area contributed by atoms with Crippen molar-refractivity contribution in [1.29, 1.82) is 0 Å². The quantitative estimate of drug-likeness (QED) is 0.536. The lowest BCUT2D eigenvalue weighted by Gasteiger charge is -2.22. The molecule has 0 aromatic rings. The summed E-state index contributed by atoms with van der Waals surface area (Å²) in [7, 11) is -0.361. The van der Waals surface area contributed by atoms with Crippen molar-refractivity contribution >= 4 is 15.7 Å². The number of sulfone groups is 1. The molecule has 0 rings (SSSR count). The summed E-state index contributed by atoms with van der Waals surface area (Å²) in [5, 5.41) is 0. The van der Waals surface area contributed by atoms with Gasteiger partial charge >= 0.3 is 0 Å². The molecule has 0 heterocycles. The van der Waals surface area contributed by atoms with Crippen molar-refractivity contribution in [3.05, 3.63) is 0 Å². The third kappa shape index (κ3) is 10.6. The van der Waals surface area contributed by atoms with Crippen LogP contribution in [0.3, 0.4) is 0 Å². The summed E-state index contributed by atoms with van der Waals surface area (Å²) in [6.07, 6.45) is -0.121. The van der Waals surface area contributed by atoms with E-state index >= 15 is 0 Å². The molecule has 0 atom stereocenters.